The van der Waals surface area contributed by atoms with E-state index in [-0.39, 0.29) is 0 Å². The van der Waals surface area contributed by atoms with Crippen molar-refractivity contribution < 1.29 is 0 Å². The minimum absolute atomic E-state index is 0.340. The van der Waals surface area contributed by atoms with Gasteiger partial charge in [-0.2, -0.15) is 0 Å². The third kappa shape index (κ3) is 6.58. The van der Waals surface area contributed by atoms with Crippen molar-refractivity contribution in [1.29, 1.82) is 0 Å². The molecule has 0 bridgehead atoms. The first-order valence-corrected chi connectivity index (χ1v) is 4.49. The van der Waals surface area contributed by atoms with Crippen LogP contribution in [0.25, 0.3) is 0 Å². The van der Waals surface area contributed by atoms with Crippen LogP contribution in [0.4, 0.5) is 0 Å². The van der Waals surface area contributed by atoms with Crippen molar-refractivity contribution in [2.45, 2.75) is 33.2 Å². The molecule has 0 saturated carbocycles. The van der Waals surface area contributed by atoms with E-state index in [0.29, 0.717) is 18.0 Å². The Morgan fingerprint density at radius 3 is 2.08 bits per heavy atom. The maximum atomic E-state index is 5.64. The van der Waals surface area contributed by atoms with Gasteiger partial charge in [-0.05, 0) is 11.8 Å². The molecule has 0 aromatic carbocycles. The van der Waals surface area contributed by atoms with Gasteiger partial charge in [0.2, 0.25) is 0 Å². The number of hydrazine groups is 1. The van der Waals surface area contributed by atoms with Gasteiger partial charge in [-0.15, -0.1) is 0 Å². The molecule has 0 spiro atoms. The summed E-state index contributed by atoms with van der Waals surface area (Å²) in [6, 6.07) is 0.389. The molecule has 0 radical (unpaired) electrons. The van der Waals surface area contributed by atoms with E-state index in [0.717, 1.165) is 6.42 Å². The molecule has 1 unspecified atom stereocenters. The topological polar surface area (TPSA) is 41.3 Å². The van der Waals surface area contributed by atoms with E-state index in [1.165, 1.54) is 0 Å². The number of hydrogen-bond donors (Lipinski definition) is 2. The van der Waals surface area contributed by atoms with Gasteiger partial charge in [0.15, 0.2) is 0 Å². The molecule has 74 valence electrons. The van der Waals surface area contributed by atoms with Crippen molar-refractivity contribution in [3.05, 3.63) is 0 Å². The molecule has 0 aromatic rings. The SMILES string of the molecule is CN(C)NC(CN)CC(C)(C)C. The smallest absolute Gasteiger partial charge is 0.0342 e. The summed E-state index contributed by atoms with van der Waals surface area (Å²) in [5.74, 6) is 0. The lowest BCUT2D eigenvalue weighted by molar-refractivity contribution is 0.200. The van der Waals surface area contributed by atoms with Crippen molar-refractivity contribution in [1.82, 2.24) is 10.4 Å². The van der Waals surface area contributed by atoms with E-state index in [4.69, 9.17) is 5.73 Å². The van der Waals surface area contributed by atoms with Gasteiger partial charge in [0.1, 0.15) is 0 Å². The summed E-state index contributed by atoms with van der Waals surface area (Å²) >= 11 is 0. The Kier molecular flexibility index (Phi) is 4.75. The highest BCUT2D eigenvalue weighted by atomic mass is 15.5. The number of hydrogen-bond acceptors (Lipinski definition) is 3. The van der Waals surface area contributed by atoms with Crippen LogP contribution < -0.4 is 11.2 Å². The highest BCUT2D eigenvalue weighted by Gasteiger charge is 2.17. The van der Waals surface area contributed by atoms with Gasteiger partial charge in [-0.3, -0.25) is 10.4 Å². The monoisotopic (exact) mass is 173 g/mol. The van der Waals surface area contributed by atoms with E-state index in [9.17, 15) is 0 Å². The van der Waals surface area contributed by atoms with Crippen LogP contribution in [-0.4, -0.2) is 31.7 Å². The minimum Gasteiger partial charge on any atom is -0.329 e. The van der Waals surface area contributed by atoms with Gasteiger partial charge in [-0.25, -0.2) is 0 Å². The van der Waals surface area contributed by atoms with Gasteiger partial charge in [0.25, 0.3) is 0 Å². The summed E-state index contributed by atoms with van der Waals surface area (Å²) in [6.45, 7) is 7.38. The third-order valence-corrected chi connectivity index (χ3v) is 1.58. The van der Waals surface area contributed by atoms with E-state index in [2.05, 4.69) is 26.2 Å². The van der Waals surface area contributed by atoms with Gasteiger partial charge in [0.05, 0.1) is 0 Å². The number of nitrogens with zero attached hydrogens (tertiary/aromatic N) is 1. The molecule has 3 N–H and O–H groups in total. The van der Waals surface area contributed by atoms with Crippen LogP contribution in [-0.2, 0) is 0 Å². The molecule has 1 atom stereocenters. The lowest BCUT2D eigenvalue weighted by atomic mass is 9.88. The Morgan fingerprint density at radius 2 is 1.83 bits per heavy atom. The fraction of sp³-hybridized carbons (Fsp3) is 1.00. The Bertz CT molecular complexity index is 115. The second-order valence-electron chi connectivity index (χ2n) is 4.72. The number of nitrogens with two attached hydrogens (primary N) is 1. The van der Waals surface area contributed by atoms with Crippen molar-refractivity contribution in [3.63, 3.8) is 0 Å². The zero-order valence-electron chi connectivity index (χ0n) is 9.02. The maximum Gasteiger partial charge on any atom is 0.0342 e. The van der Waals surface area contributed by atoms with E-state index >= 15 is 0 Å². The van der Waals surface area contributed by atoms with Crippen LogP contribution in [0.3, 0.4) is 0 Å². The highest BCUT2D eigenvalue weighted by Crippen LogP contribution is 2.20. The predicted molar refractivity (Wildman–Crippen MR) is 53.7 cm³/mol. The standard InChI is InChI=1S/C9H23N3/c1-9(2,3)6-8(7-10)11-12(4)5/h8,11H,6-7,10H2,1-5H3. The Hall–Kier alpha value is -0.120. The molecule has 0 rings (SSSR count). The molecule has 0 fully saturated rings. The molecular weight excluding hydrogens is 150 g/mol. The van der Waals surface area contributed by atoms with Crippen LogP contribution >= 0.6 is 0 Å². The van der Waals surface area contributed by atoms with Gasteiger partial charge in [0, 0.05) is 26.7 Å². The molecule has 0 heterocycles. The van der Waals surface area contributed by atoms with E-state index in [1.54, 1.807) is 0 Å². The summed E-state index contributed by atoms with van der Waals surface area (Å²) in [6.07, 6.45) is 1.10. The van der Waals surface area contributed by atoms with Crippen LogP contribution in [0, 0.1) is 5.41 Å². The first-order valence-electron chi connectivity index (χ1n) is 4.49. The lowest BCUT2D eigenvalue weighted by Gasteiger charge is -2.28. The number of nitrogens with one attached hydrogen (secondary N) is 1. The zero-order valence-corrected chi connectivity index (χ0v) is 9.02. The Labute approximate surface area is 76.3 Å². The highest BCUT2D eigenvalue weighted by molar-refractivity contribution is 4.73. The summed E-state index contributed by atoms with van der Waals surface area (Å²) < 4.78 is 0. The zero-order chi connectivity index (χ0) is 9.78. The second kappa shape index (κ2) is 4.80. The molecule has 0 aromatic heterocycles. The third-order valence-electron chi connectivity index (χ3n) is 1.58. The maximum absolute atomic E-state index is 5.64. The predicted octanol–water partition coefficient (Wildman–Crippen LogP) is 0.816. The Morgan fingerprint density at radius 1 is 1.33 bits per heavy atom. The average Bonchev–Trinajstić information content (AvgIpc) is 1.82. The van der Waals surface area contributed by atoms with Crippen molar-refractivity contribution >= 4 is 0 Å². The molecule has 0 saturated heterocycles. The Balaban J connectivity index is 3.83. The second-order valence-corrected chi connectivity index (χ2v) is 4.72. The van der Waals surface area contributed by atoms with Crippen LogP contribution in [0.15, 0.2) is 0 Å². The summed E-state index contributed by atoms with van der Waals surface area (Å²) in [5.41, 5.74) is 9.27. The van der Waals surface area contributed by atoms with Crippen LogP contribution in [0.2, 0.25) is 0 Å². The van der Waals surface area contributed by atoms with Gasteiger partial charge >= 0.3 is 0 Å². The first kappa shape index (κ1) is 11.9. The number of rotatable bonds is 4. The van der Waals surface area contributed by atoms with Crippen molar-refractivity contribution in [2.75, 3.05) is 20.6 Å². The van der Waals surface area contributed by atoms with Crippen LogP contribution in [0.1, 0.15) is 27.2 Å². The normalized spacial score (nSPS) is 15.2. The molecule has 0 aliphatic rings. The molecule has 12 heavy (non-hydrogen) atoms. The fourth-order valence-electron chi connectivity index (χ4n) is 1.29. The summed E-state index contributed by atoms with van der Waals surface area (Å²) in [7, 11) is 3.98. The van der Waals surface area contributed by atoms with E-state index < -0.39 is 0 Å². The first-order chi connectivity index (χ1) is 5.35. The van der Waals surface area contributed by atoms with Crippen molar-refractivity contribution in [3.8, 4) is 0 Å². The fourth-order valence-corrected chi connectivity index (χ4v) is 1.29. The molecule has 0 amide bonds. The molecule has 3 heteroatoms. The summed E-state index contributed by atoms with van der Waals surface area (Å²) in [5, 5.41) is 1.96. The van der Waals surface area contributed by atoms with Crippen LogP contribution in [0.5, 0.6) is 0 Å². The lowest BCUT2D eigenvalue weighted by Crippen LogP contribution is -2.45. The minimum atomic E-state index is 0.340. The summed E-state index contributed by atoms with van der Waals surface area (Å²) in [4.78, 5) is 0. The molecule has 3 nitrogen and oxygen atoms in total. The van der Waals surface area contributed by atoms with Gasteiger partial charge < -0.3 is 5.73 Å². The molecule has 0 aliphatic heterocycles. The quantitative estimate of drug-likeness (QED) is 0.618. The van der Waals surface area contributed by atoms with E-state index in [1.807, 2.05) is 19.1 Å². The van der Waals surface area contributed by atoms with Crippen molar-refractivity contribution in [2.24, 2.45) is 11.1 Å². The average molecular weight is 173 g/mol. The largest absolute Gasteiger partial charge is 0.329 e. The molecule has 0 aliphatic carbocycles. The van der Waals surface area contributed by atoms with Gasteiger partial charge in [-0.1, -0.05) is 20.8 Å². The molecular formula is C9H23N3.